The number of thioether (sulfide) groups is 3. The standard InChI is InChI=1S/C20H23NOS3/c1-15-6-8-16(9-7-15)13-23-14-19(22)21-18-5-2-4-17(12-18)20-24-10-3-11-25-20/h2,4-9,12,20H,3,10-11,13-14H2,1H3,(H,21,22). The van der Waals surface area contributed by atoms with Gasteiger partial charge in [0, 0.05) is 11.4 Å². The summed E-state index contributed by atoms with van der Waals surface area (Å²) in [6, 6.07) is 16.8. The Balaban J connectivity index is 1.48. The maximum atomic E-state index is 12.2. The lowest BCUT2D eigenvalue weighted by Gasteiger charge is -2.21. The molecule has 1 aliphatic heterocycles. The van der Waals surface area contributed by atoms with Crippen molar-refractivity contribution in [2.45, 2.75) is 23.7 Å². The van der Waals surface area contributed by atoms with Gasteiger partial charge in [-0.2, -0.15) is 0 Å². The van der Waals surface area contributed by atoms with E-state index in [-0.39, 0.29) is 5.91 Å². The minimum Gasteiger partial charge on any atom is -0.325 e. The Kier molecular flexibility index (Phi) is 7.20. The first-order valence-corrected chi connectivity index (χ1v) is 11.7. The van der Waals surface area contributed by atoms with Crippen molar-refractivity contribution in [1.29, 1.82) is 0 Å². The topological polar surface area (TPSA) is 29.1 Å². The van der Waals surface area contributed by atoms with Gasteiger partial charge >= 0.3 is 0 Å². The van der Waals surface area contributed by atoms with E-state index >= 15 is 0 Å². The lowest BCUT2D eigenvalue weighted by atomic mass is 10.2. The molecule has 3 rings (SSSR count). The lowest BCUT2D eigenvalue weighted by Crippen LogP contribution is -2.14. The Labute approximate surface area is 162 Å². The number of aryl methyl sites for hydroxylation is 1. The minimum atomic E-state index is 0.0678. The molecule has 1 amide bonds. The number of hydrogen-bond acceptors (Lipinski definition) is 4. The lowest BCUT2D eigenvalue weighted by molar-refractivity contribution is -0.113. The SMILES string of the molecule is Cc1ccc(CSCC(=O)Nc2cccc(C3SCCCS3)c2)cc1. The molecule has 2 aromatic rings. The van der Waals surface area contributed by atoms with Gasteiger partial charge in [0.15, 0.2) is 0 Å². The van der Waals surface area contributed by atoms with Crippen LogP contribution in [0.4, 0.5) is 5.69 Å². The third-order valence-electron chi connectivity index (χ3n) is 3.89. The van der Waals surface area contributed by atoms with Crippen LogP contribution in [0.5, 0.6) is 0 Å². The number of benzene rings is 2. The smallest absolute Gasteiger partial charge is 0.234 e. The molecule has 0 unspecified atom stereocenters. The van der Waals surface area contributed by atoms with E-state index in [0.29, 0.717) is 10.3 Å². The van der Waals surface area contributed by atoms with E-state index in [9.17, 15) is 4.79 Å². The summed E-state index contributed by atoms with van der Waals surface area (Å²) in [5.41, 5.74) is 4.74. The number of amides is 1. The van der Waals surface area contributed by atoms with Crippen LogP contribution in [0.3, 0.4) is 0 Å². The molecule has 1 heterocycles. The van der Waals surface area contributed by atoms with E-state index in [1.807, 2.05) is 35.7 Å². The normalized spacial score (nSPS) is 15.1. The minimum absolute atomic E-state index is 0.0678. The predicted octanol–water partition coefficient (Wildman–Crippen LogP) is 5.74. The second-order valence-electron chi connectivity index (χ2n) is 6.08. The maximum absolute atomic E-state index is 12.2. The van der Waals surface area contributed by atoms with Gasteiger partial charge in [-0.05, 0) is 48.1 Å². The first-order valence-electron chi connectivity index (χ1n) is 8.47. The van der Waals surface area contributed by atoms with Gasteiger partial charge in [0.2, 0.25) is 5.91 Å². The van der Waals surface area contributed by atoms with E-state index < -0.39 is 0 Å². The molecule has 2 aromatic carbocycles. The number of anilines is 1. The Morgan fingerprint density at radius 1 is 1.16 bits per heavy atom. The van der Waals surface area contributed by atoms with Gasteiger partial charge in [-0.3, -0.25) is 4.79 Å². The highest BCUT2D eigenvalue weighted by atomic mass is 32.2. The van der Waals surface area contributed by atoms with Gasteiger partial charge in [-0.15, -0.1) is 35.3 Å². The first kappa shape index (κ1) is 18.7. The summed E-state index contributed by atoms with van der Waals surface area (Å²) >= 11 is 5.66. The molecule has 1 aliphatic rings. The van der Waals surface area contributed by atoms with Gasteiger partial charge in [0.1, 0.15) is 0 Å². The maximum Gasteiger partial charge on any atom is 0.234 e. The average molecular weight is 390 g/mol. The van der Waals surface area contributed by atoms with Crippen LogP contribution in [0.25, 0.3) is 0 Å². The van der Waals surface area contributed by atoms with E-state index in [1.54, 1.807) is 11.8 Å². The zero-order valence-corrected chi connectivity index (χ0v) is 16.8. The quantitative estimate of drug-likeness (QED) is 0.682. The molecule has 132 valence electrons. The van der Waals surface area contributed by atoms with Gasteiger partial charge in [0.25, 0.3) is 0 Å². The van der Waals surface area contributed by atoms with Crippen molar-refractivity contribution >= 4 is 46.9 Å². The van der Waals surface area contributed by atoms with Crippen LogP contribution < -0.4 is 5.32 Å². The van der Waals surface area contributed by atoms with Crippen LogP contribution in [-0.2, 0) is 10.5 Å². The van der Waals surface area contributed by atoms with Crippen LogP contribution in [0.1, 0.15) is 27.7 Å². The fourth-order valence-electron chi connectivity index (χ4n) is 2.59. The van der Waals surface area contributed by atoms with Crippen molar-refractivity contribution < 1.29 is 4.79 Å². The molecule has 2 nitrogen and oxygen atoms in total. The molecule has 0 spiro atoms. The third-order valence-corrected chi connectivity index (χ3v) is 7.91. The highest BCUT2D eigenvalue weighted by molar-refractivity contribution is 8.16. The number of carbonyl (C=O) groups excluding carboxylic acids is 1. The zero-order valence-electron chi connectivity index (χ0n) is 14.4. The Morgan fingerprint density at radius 2 is 1.92 bits per heavy atom. The first-order chi connectivity index (χ1) is 12.2. The largest absolute Gasteiger partial charge is 0.325 e. The number of rotatable bonds is 6. The van der Waals surface area contributed by atoms with Gasteiger partial charge in [-0.25, -0.2) is 0 Å². The monoisotopic (exact) mass is 389 g/mol. The van der Waals surface area contributed by atoms with Gasteiger partial charge in [0.05, 0.1) is 10.3 Å². The Hall–Kier alpha value is -1.04. The van der Waals surface area contributed by atoms with Crippen LogP contribution >= 0.6 is 35.3 Å². The molecular weight excluding hydrogens is 366 g/mol. The molecule has 25 heavy (non-hydrogen) atoms. The molecule has 1 N–H and O–H groups in total. The second-order valence-corrected chi connectivity index (χ2v) is 9.79. The second kappa shape index (κ2) is 9.60. The van der Waals surface area contributed by atoms with Crippen molar-refractivity contribution in [3.63, 3.8) is 0 Å². The average Bonchev–Trinajstić information content (AvgIpc) is 2.64. The van der Waals surface area contributed by atoms with Crippen molar-refractivity contribution in [3.05, 3.63) is 65.2 Å². The van der Waals surface area contributed by atoms with Crippen LogP contribution in [0, 0.1) is 6.92 Å². The summed E-state index contributed by atoms with van der Waals surface area (Å²) in [4.78, 5) is 12.2. The van der Waals surface area contributed by atoms with E-state index in [4.69, 9.17) is 0 Å². The third kappa shape index (κ3) is 6.01. The molecule has 1 fully saturated rings. The number of nitrogens with one attached hydrogen (secondary N) is 1. The molecule has 5 heteroatoms. The summed E-state index contributed by atoms with van der Waals surface area (Å²) in [6.45, 7) is 2.09. The summed E-state index contributed by atoms with van der Waals surface area (Å²) < 4.78 is 0.501. The van der Waals surface area contributed by atoms with Gasteiger partial charge < -0.3 is 5.32 Å². The van der Waals surface area contributed by atoms with Crippen molar-refractivity contribution in [1.82, 2.24) is 0 Å². The molecule has 0 aliphatic carbocycles. The van der Waals surface area contributed by atoms with Crippen molar-refractivity contribution in [2.75, 3.05) is 22.6 Å². The fraction of sp³-hybridized carbons (Fsp3) is 0.350. The zero-order chi connectivity index (χ0) is 17.5. The predicted molar refractivity (Wildman–Crippen MR) is 115 cm³/mol. The molecule has 0 aromatic heterocycles. The summed E-state index contributed by atoms with van der Waals surface area (Å²) in [6.07, 6.45) is 1.29. The summed E-state index contributed by atoms with van der Waals surface area (Å²) in [5.74, 6) is 3.86. The molecule has 0 radical (unpaired) electrons. The molecule has 0 atom stereocenters. The molecular formula is C20H23NOS3. The van der Waals surface area contributed by atoms with E-state index in [1.165, 1.54) is 34.6 Å². The Bertz CT molecular complexity index is 696. The summed E-state index contributed by atoms with van der Waals surface area (Å²) in [5, 5.41) is 3.04. The van der Waals surface area contributed by atoms with E-state index in [0.717, 1.165) is 11.4 Å². The number of hydrogen-bond donors (Lipinski definition) is 1. The van der Waals surface area contributed by atoms with Crippen LogP contribution in [-0.4, -0.2) is 23.2 Å². The van der Waals surface area contributed by atoms with Crippen LogP contribution in [0.15, 0.2) is 48.5 Å². The molecule has 0 saturated carbocycles. The van der Waals surface area contributed by atoms with Crippen molar-refractivity contribution in [3.8, 4) is 0 Å². The van der Waals surface area contributed by atoms with Gasteiger partial charge in [-0.1, -0.05) is 42.0 Å². The Morgan fingerprint density at radius 3 is 2.68 bits per heavy atom. The van der Waals surface area contributed by atoms with E-state index in [2.05, 4.69) is 48.6 Å². The highest BCUT2D eigenvalue weighted by Gasteiger charge is 2.17. The molecule has 0 bridgehead atoms. The number of carbonyl (C=O) groups is 1. The van der Waals surface area contributed by atoms with Crippen molar-refractivity contribution in [2.24, 2.45) is 0 Å². The fourth-order valence-corrected chi connectivity index (χ4v) is 6.25. The highest BCUT2D eigenvalue weighted by Crippen LogP contribution is 2.44. The molecule has 1 saturated heterocycles. The van der Waals surface area contributed by atoms with Crippen LogP contribution in [0.2, 0.25) is 0 Å². The summed E-state index contributed by atoms with van der Waals surface area (Å²) in [7, 11) is 0.